The van der Waals surface area contributed by atoms with E-state index in [0.717, 1.165) is 0 Å². The van der Waals surface area contributed by atoms with E-state index in [-0.39, 0.29) is 13.2 Å². The second-order valence-electron chi connectivity index (χ2n) is 4.46. The van der Waals surface area contributed by atoms with Gasteiger partial charge in [0.1, 0.15) is 11.4 Å². The van der Waals surface area contributed by atoms with Gasteiger partial charge in [-0.1, -0.05) is 0 Å². The quantitative estimate of drug-likeness (QED) is 0.596. The maximum absolute atomic E-state index is 11.3. The summed E-state index contributed by atoms with van der Waals surface area (Å²) < 4.78 is 35.8. The predicted molar refractivity (Wildman–Crippen MR) is 66.1 cm³/mol. The third-order valence-electron chi connectivity index (χ3n) is 1.48. The van der Waals surface area contributed by atoms with Gasteiger partial charge in [0.05, 0.1) is 6.61 Å². The largest absolute Gasteiger partial charge is 0.524 e. The zero-order chi connectivity index (χ0) is 15.1. The first-order chi connectivity index (χ1) is 8.56. The highest BCUT2D eigenvalue weighted by molar-refractivity contribution is 7.87. The van der Waals surface area contributed by atoms with E-state index in [2.05, 4.69) is 14.2 Å². The Hall–Kier alpha value is -1.51. The SMILES string of the molecule is CCOC(=O)OS(=O)(=O)CCNC(=O)OC(C)(C)C. The first-order valence-corrected chi connectivity index (χ1v) is 7.19. The molecule has 0 unspecified atom stereocenters. The molecule has 1 amide bonds. The smallest absolute Gasteiger partial charge is 0.444 e. The van der Waals surface area contributed by atoms with E-state index >= 15 is 0 Å². The van der Waals surface area contributed by atoms with Crippen LogP contribution in [0.1, 0.15) is 27.7 Å². The molecule has 0 aromatic carbocycles. The third kappa shape index (κ3) is 10.1. The summed E-state index contributed by atoms with van der Waals surface area (Å²) in [6, 6.07) is 0. The van der Waals surface area contributed by atoms with E-state index in [0.29, 0.717) is 0 Å². The number of rotatable bonds is 5. The first-order valence-electron chi connectivity index (χ1n) is 5.61. The molecule has 0 aromatic rings. The van der Waals surface area contributed by atoms with Crippen LogP contribution in [0.3, 0.4) is 0 Å². The number of amides is 1. The Labute approximate surface area is 112 Å². The van der Waals surface area contributed by atoms with Gasteiger partial charge >= 0.3 is 22.4 Å². The minimum absolute atomic E-state index is 0.00448. The molecular formula is C10H19NO7S. The van der Waals surface area contributed by atoms with Gasteiger partial charge in [-0.05, 0) is 27.7 Å². The van der Waals surface area contributed by atoms with Gasteiger partial charge in [-0.25, -0.2) is 9.59 Å². The summed E-state index contributed by atoms with van der Waals surface area (Å²) in [4.78, 5) is 22.0. The minimum Gasteiger partial charge on any atom is -0.444 e. The molecule has 0 aromatic heterocycles. The minimum atomic E-state index is -4.09. The molecule has 0 atom stereocenters. The Bertz CT molecular complexity index is 410. The lowest BCUT2D eigenvalue weighted by molar-refractivity contribution is 0.0531. The molecule has 0 bridgehead atoms. The van der Waals surface area contributed by atoms with Crippen molar-refractivity contribution in [3.63, 3.8) is 0 Å². The van der Waals surface area contributed by atoms with E-state index in [1.807, 2.05) is 0 Å². The van der Waals surface area contributed by atoms with Crippen molar-refractivity contribution in [2.75, 3.05) is 18.9 Å². The maximum Gasteiger partial charge on any atom is 0.524 e. The lowest BCUT2D eigenvalue weighted by Crippen LogP contribution is -2.35. The van der Waals surface area contributed by atoms with Gasteiger partial charge in [-0.2, -0.15) is 8.42 Å². The molecule has 0 aliphatic heterocycles. The van der Waals surface area contributed by atoms with Crippen LogP contribution in [0.4, 0.5) is 9.59 Å². The summed E-state index contributed by atoms with van der Waals surface area (Å²) in [7, 11) is -4.09. The summed E-state index contributed by atoms with van der Waals surface area (Å²) in [6.45, 7) is 6.30. The molecule has 0 radical (unpaired) electrons. The van der Waals surface area contributed by atoms with Crippen LogP contribution in [-0.2, 0) is 23.8 Å². The molecule has 0 fully saturated rings. The number of carbonyl (C=O) groups excluding carboxylic acids is 2. The number of ether oxygens (including phenoxy) is 2. The van der Waals surface area contributed by atoms with Crippen molar-refractivity contribution in [2.45, 2.75) is 33.3 Å². The molecule has 0 saturated heterocycles. The highest BCUT2D eigenvalue weighted by Crippen LogP contribution is 2.06. The van der Waals surface area contributed by atoms with Gasteiger partial charge in [0.2, 0.25) is 0 Å². The fourth-order valence-electron chi connectivity index (χ4n) is 0.880. The lowest BCUT2D eigenvalue weighted by Gasteiger charge is -2.19. The van der Waals surface area contributed by atoms with Gasteiger partial charge in [0.15, 0.2) is 0 Å². The molecule has 8 nitrogen and oxygen atoms in total. The van der Waals surface area contributed by atoms with Crippen molar-refractivity contribution in [2.24, 2.45) is 0 Å². The number of carbonyl (C=O) groups is 2. The second-order valence-corrected chi connectivity index (χ2v) is 6.15. The topological polar surface area (TPSA) is 108 Å². The third-order valence-corrected chi connectivity index (χ3v) is 2.57. The molecule has 1 N–H and O–H groups in total. The summed E-state index contributed by atoms with van der Waals surface area (Å²) in [5, 5.41) is 2.23. The van der Waals surface area contributed by atoms with Crippen molar-refractivity contribution < 1.29 is 31.7 Å². The molecule has 9 heteroatoms. The van der Waals surface area contributed by atoms with Crippen molar-refractivity contribution in [3.05, 3.63) is 0 Å². The standard InChI is InChI=1S/C10H19NO7S/c1-5-16-9(13)18-19(14,15)7-6-11-8(12)17-10(2,3)4/h5-7H2,1-4H3,(H,11,12). The van der Waals surface area contributed by atoms with E-state index in [1.165, 1.54) is 6.92 Å². The Morgan fingerprint density at radius 2 is 1.79 bits per heavy atom. The van der Waals surface area contributed by atoms with Crippen LogP contribution in [0.15, 0.2) is 0 Å². The second kappa shape index (κ2) is 7.17. The Morgan fingerprint density at radius 1 is 1.21 bits per heavy atom. The maximum atomic E-state index is 11.3. The molecule has 0 spiro atoms. The van der Waals surface area contributed by atoms with Crippen LogP contribution in [0.25, 0.3) is 0 Å². The zero-order valence-electron chi connectivity index (χ0n) is 11.4. The van der Waals surface area contributed by atoms with E-state index < -0.39 is 33.7 Å². The van der Waals surface area contributed by atoms with E-state index in [4.69, 9.17) is 4.74 Å². The van der Waals surface area contributed by atoms with Crippen LogP contribution >= 0.6 is 0 Å². The van der Waals surface area contributed by atoms with Crippen LogP contribution in [-0.4, -0.2) is 45.2 Å². The van der Waals surface area contributed by atoms with Crippen molar-refractivity contribution in [1.82, 2.24) is 5.32 Å². The normalized spacial score (nSPS) is 11.6. The van der Waals surface area contributed by atoms with Gasteiger partial charge < -0.3 is 19.0 Å². The highest BCUT2D eigenvalue weighted by atomic mass is 32.2. The van der Waals surface area contributed by atoms with Crippen LogP contribution in [0.2, 0.25) is 0 Å². The van der Waals surface area contributed by atoms with Gasteiger partial charge in [0, 0.05) is 6.54 Å². The average molecular weight is 297 g/mol. The number of nitrogens with one attached hydrogen (secondary N) is 1. The predicted octanol–water partition coefficient (Wildman–Crippen LogP) is 1.01. The molecule has 0 saturated carbocycles. The van der Waals surface area contributed by atoms with Crippen LogP contribution in [0.5, 0.6) is 0 Å². The number of hydrogen-bond donors (Lipinski definition) is 1. The Morgan fingerprint density at radius 3 is 2.26 bits per heavy atom. The fourth-order valence-corrected chi connectivity index (χ4v) is 1.57. The molecule has 112 valence electrons. The first kappa shape index (κ1) is 17.5. The number of hydrogen-bond acceptors (Lipinski definition) is 7. The molecular weight excluding hydrogens is 278 g/mol. The Kier molecular flexibility index (Phi) is 6.60. The molecule has 19 heavy (non-hydrogen) atoms. The van der Waals surface area contributed by atoms with Crippen molar-refractivity contribution in [1.29, 1.82) is 0 Å². The monoisotopic (exact) mass is 297 g/mol. The van der Waals surface area contributed by atoms with Crippen LogP contribution in [0, 0.1) is 0 Å². The lowest BCUT2D eigenvalue weighted by atomic mass is 10.2. The van der Waals surface area contributed by atoms with Gasteiger partial charge in [0.25, 0.3) is 0 Å². The van der Waals surface area contributed by atoms with Crippen molar-refractivity contribution >= 4 is 22.4 Å². The molecule has 0 aliphatic carbocycles. The summed E-state index contributed by atoms with van der Waals surface area (Å²) in [6.07, 6.45) is -2.04. The number of alkyl carbamates (subject to hydrolysis) is 1. The molecule has 0 heterocycles. The van der Waals surface area contributed by atoms with E-state index in [1.54, 1.807) is 20.8 Å². The van der Waals surface area contributed by atoms with Crippen LogP contribution < -0.4 is 5.32 Å². The highest BCUT2D eigenvalue weighted by Gasteiger charge is 2.20. The fraction of sp³-hybridized carbons (Fsp3) is 0.800. The van der Waals surface area contributed by atoms with Gasteiger partial charge in [-0.3, -0.25) is 0 Å². The van der Waals surface area contributed by atoms with Crippen molar-refractivity contribution in [3.8, 4) is 0 Å². The van der Waals surface area contributed by atoms with E-state index in [9.17, 15) is 18.0 Å². The van der Waals surface area contributed by atoms with Gasteiger partial charge in [-0.15, -0.1) is 0 Å². The Balaban J connectivity index is 4.06. The molecule has 0 aliphatic rings. The average Bonchev–Trinajstić information content (AvgIpc) is 2.12. The summed E-state index contributed by atoms with van der Waals surface area (Å²) >= 11 is 0. The summed E-state index contributed by atoms with van der Waals surface area (Å²) in [5.74, 6) is -0.564. The summed E-state index contributed by atoms with van der Waals surface area (Å²) in [5.41, 5.74) is -0.676. The molecule has 0 rings (SSSR count). The zero-order valence-corrected chi connectivity index (χ0v) is 12.2.